The molecule has 0 fully saturated rings. The molecule has 2 aromatic heterocycles. The molecule has 0 unspecified atom stereocenters. The summed E-state index contributed by atoms with van der Waals surface area (Å²) in [6, 6.07) is 19.3. The van der Waals surface area contributed by atoms with Gasteiger partial charge in [-0.3, -0.25) is 4.79 Å². The topological polar surface area (TPSA) is 144 Å². The van der Waals surface area contributed by atoms with Crippen molar-refractivity contribution >= 4 is 40.0 Å². The maximum Gasteiger partial charge on any atom is 0.348 e. The number of methoxy groups -OCH3 is 3. The van der Waals surface area contributed by atoms with Crippen LogP contribution in [0.5, 0.6) is 17.2 Å². The number of anilines is 1. The predicted octanol–water partition coefficient (Wildman–Crippen LogP) is 6.85. The van der Waals surface area contributed by atoms with Crippen LogP contribution >= 0.6 is 23.1 Å². The number of rotatable bonds is 12. The van der Waals surface area contributed by atoms with Crippen molar-refractivity contribution in [1.29, 1.82) is 10.5 Å². The molecule has 2 heterocycles. The minimum absolute atomic E-state index is 0.0584. The van der Waals surface area contributed by atoms with E-state index in [-0.39, 0.29) is 35.1 Å². The SMILES string of the molecule is CCOC(=O)c1sc(NC(=O)CCSc2nc(-c3ccccc3)cc(-c3cc(OC)c(OC)c(OC)c3)c2C#N)c(C#N)c1C. The number of amides is 1. The van der Waals surface area contributed by atoms with Gasteiger partial charge in [0.05, 0.1) is 44.8 Å². The van der Waals surface area contributed by atoms with Gasteiger partial charge in [0.25, 0.3) is 0 Å². The van der Waals surface area contributed by atoms with Crippen molar-refractivity contribution < 1.29 is 28.5 Å². The van der Waals surface area contributed by atoms with Crippen LogP contribution in [-0.4, -0.2) is 50.5 Å². The molecule has 2 aromatic carbocycles. The van der Waals surface area contributed by atoms with Crippen LogP contribution in [0.1, 0.15) is 39.7 Å². The molecule has 4 aromatic rings. The molecule has 10 nitrogen and oxygen atoms in total. The lowest BCUT2D eigenvalue weighted by Gasteiger charge is -2.16. The monoisotopic (exact) mass is 642 g/mol. The van der Waals surface area contributed by atoms with Crippen molar-refractivity contribution in [3.05, 3.63) is 70.1 Å². The molecule has 0 bridgehead atoms. The molecular formula is C33H30N4O6S2. The highest BCUT2D eigenvalue weighted by Crippen LogP contribution is 2.43. The van der Waals surface area contributed by atoms with Gasteiger partial charge in [0.1, 0.15) is 27.0 Å². The van der Waals surface area contributed by atoms with Gasteiger partial charge in [-0.25, -0.2) is 9.78 Å². The van der Waals surface area contributed by atoms with Crippen molar-refractivity contribution in [2.24, 2.45) is 0 Å². The summed E-state index contributed by atoms with van der Waals surface area (Å²) in [5.74, 6) is 0.701. The number of aromatic nitrogens is 1. The first-order chi connectivity index (χ1) is 21.8. The van der Waals surface area contributed by atoms with Gasteiger partial charge in [0.15, 0.2) is 11.5 Å². The Morgan fingerprint density at radius 1 is 0.956 bits per heavy atom. The third kappa shape index (κ3) is 7.20. The normalized spacial score (nSPS) is 10.4. The van der Waals surface area contributed by atoms with E-state index in [0.29, 0.717) is 55.2 Å². The largest absolute Gasteiger partial charge is 0.493 e. The molecule has 1 amide bonds. The molecule has 230 valence electrons. The van der Waals surface area contributed by atoms with E-state index in [1.807, 2.05) is 36.4 Å². The number of carbonyl (C=O) groups is 2. The molecule has 0 aliphatic carbocycles. The Kier molecular flexibility index (Phi) is 11.0. The van der Waals surface area contributed by atoms with E-state index in [0.717, 1.165) is 16.9 Å². The Balaban J connectivity index is 1.65. The highest BCUT2D eigenvalue weighted by Gasteiger charge is 2.23. The van der Waals surface area contributed by atoms with Gasteiger partial charge in [-0.05, 0) is 43.2 Å². The number of hydrogen-bond acceptors (Lipinski definition) is 11. The number of nitrogens with one attached hydrogen (secondary N) is 1. The summed E-state index contributed by atoms with van der Waals surface area (Å²) in [5.41, 5.74) is 3.78. The lowest BCUT2D eigenvalue weighted by molar-refractivity contribution is -0.115. The maximum absolute atomic E-state index is 13.0. The van der Waals surface area contributed by atoms with Crippen LogP contribution in [0.15, 0.2) is 53.6 Å². The van der Waals surface area contributed by atoms with E-state index in [9.17, 15) is 20.1 Å². The third-order valence-corrected chi connectivity index (χ3v) is 8.85. The predicted molar refractivity (Wildman–Crippen MR) is 173 cm³/mol. The number of benzene rings is 2. The molecule has 0 radical (unpaired) electrons. The minimum atomic E-state index is -0.538. The van der Waals surface area contributed by atoms with Gasteiger partial charge >= 0.3 is 5.97 Å². The molecule has 1 N–H and O–H groups in total. The van der Waals surface area contributed by atoms with Crippen LogP contribution in [0.3, 0.4) is 0 Å². The molecule has 45 heavy (non-hydrogen) atoms. The van der Waals surface area contributed by atoms with Crippen LogP contribution < -0.4 is 19.5 Å². The summed E-state index contributed by atoms with van der Waals surface area (Å²) in [6.07, 6.45) is 0.0584. The Hall–Kier alpha value is -5.04. The van der Waals surface area contributed by atoms with Crippen molar-refractivity contribution in [3.8, 4) is 51.8 Å². The lowest BCUT2D eigenvalue weighted by atomic mass is 9.98. The Morgan fingerprint density at radius 3 is 2.20 bits per heavy atom. The summed E-state index contributed by atoms with van der Waals surface area (Å²) in [5, 5.41) is 23.4. The average Bonchev–Trinajstić information content (AvgIpc) is 3.38. The Bertz CT molecular complexity index is 1780. The second-order valence-electron chi connectivity index (χ2n) is 9.37. The molecule has 4 rings (SSSR count). The summed E-state index contributed by atoms with van der Waals surface area (Å²) >= 11 is 2.28. The molecule has 0 atom stereocenters. The summed E-state index contributed by atoms with van der Waals surface area (Å²) < 4.78 is 21.7. The van der Waals surface area contributed by atoms with Gasteiger partial charge in [0.2, 0.25) is 11.7 Å². The minimum Gasteiger partial charge on any atom is -0.493 e. The van der Waals surface area contributed by atoms with Gasteiger partial charge in [-0.15, -0.1) is 23.1 Å². The van der Waals surface area contributed by atoms with Gasteiger partial charge in [-0.1, -0.05) is 30.3 Å². The van der Waals surface area contributed by atoms with Gasteiger partial charge in [-0.2, -0.15) is 10.5 Å². The third-order valence-electron chi connectivity index (χ3n) is 6.68. The first-order valence-corrected chi connectivity index (χ1v) is 15.5. The fourth-order valence-electron chi connectivity index (χ4n) is 4.51. The zero-order chi connectivity index (χ0) is 32.5. The number of ether oxygens (including phenoxy) is 4. The number of nitriles is 2. The lowest BCUT2D eigenvalue weighted by Crippen LogP contribution is -2.12. The number of nitrogens with zero attached hydrogens (tertiary/aromatic N) is 3. The summed E-state index contributed by atoms with van der Waals surface area (Å²) in [4.78, 5) is 30.3. The highest BCUT2D eigenvalue weighted by molar-refractivity contribution is 7.99. The van der Waals surface area contributed by atoms with Gasteiger partial charge in [0, 0.05) is 23.3 Å². The quantitative estimate of drug-likeness (QED) is 0.129. The Labute approximate surface area is 269 Å². The molecule has 0 spiro atoms. The Morgan fingerprint density at radius 2 is 1.62 bits per heavy atom. The summed E-state index contributed by atoms with van der Waals surface area (Å²) in [7, 11) is 4.57. The van der Waals surface area contributed by atoms with Crippen LogP contribution in [0.25, 0.3) is 22.4 Å². The molecule has 0 aliphatic heterocycles. The van der Waals surface area contributed by atoms with Crippen molar-refractivity contribution in [2.75, 3.05) is 39.0 Å². The number of pyridine rings is 1. The number of thioether (sulfide) groups is 1. The van der Waals surface area contributed by atoms with Crippen molar-refractivity contribution in [3.63, 3.8) is 0 Å². The number of hydrogen-bond donors (Lipinski definition) is 1. The highest BCUT2D eigenvalue weighted by atomic mass is 32.2. The van der Waals surface area contributed by atoms with E-state index in [1.54, 1.807) is 26.0 Å². The zero-order valence-electron chi connectivity index (χ0n) is 25.3. The zero-order valence-corrected chi connectivity index (χ0v) is 27.0. The smallest absolute Gasteiger partial charge is 0.348 e. The van der Waals surface area contributed by atoms with E-state index in [2.05, 4.69) is 17.5 Å². The number of carbonyl (C=O) groups excluding carboxylic acids is 2. The maximum atomic E-state index is 13.0. The van der Waals surface area contributed by atoms with Crippen LogP contribution in [-0.2, 0) is 9.53 Å². The molecule has 0 aliphatic rings. The molecular weight excluding hydrogens is 613 g/mol. The first-order valence-electron chi connectivity index (χ1n) is 13.7. The standard InChI is InChI=1S/C33H30N4O6S2/c1-6-43-33(39)30-19(2)23(17-34)32(45-30)37-28(38)12-13-44-31-24(18-35)22(16-25(36-31)20-10-8-7-9-11-20)21-14-26(40-3)29(42-5)27(15-21)41-4/h7-11,14-16H,6,12-13H2,1-5H3,(H,37,38). The van der Waals surface area contributed by atoms with E-state index >= 15 is 0 Å². The van der Waals surface area contributed by atoms with E-state index in [1.165, 1.54) is 33.1 Å². The molecule has 0 saturated heterocycles. The van der Waals surface area contributed by atoms with Crippen LogP contribution in [0.4, 0.5) is 5.00 Å². The second kappa shape index (κ2) is 15.1. The number of esters is 1. The molecule has 12 heteroatoms. The van der Waals surface area contributed by atoms with Crippen molar-refractivity contribution in [1.82, 2.24) is 4.98 Å². The van der Waals surface area contributed by atoms with E-state index < -0.39 is 5.97 Å². The van der Waals surface area contributed by atoms with Gasteiger partial charge < -0.3 is 24.3 Å². The van der Waals surface area contributed by atoms with E-state index in [4.69, 9.17) is 23.9 Å². The van der Waals surface area contributed by atoms with Crippen molar-refractivity contribution in [2.45, 2.75) is 25.3 Å². The molecule has 0 saturated carbocycles. The summed E-state index contributed by atoms with van der Waals surface area (Å²) in [6.45, 7) is 3.54. The fraction of sp³-hybridized carbons (Fsp3) is 0.242. The van der Waals surface area contributed by atoms with Crippen LogP contribution in [0.2, 0.25) is 0 Å². The number of thiophene rings is 1. The van der Waals surface area contributed by atoms with Crippen LogP contribution in [0, 0.1) is 29.6 Å². The fourth-order valence-corrected chi connectivity index (χ4v) is 6.52. The second-order valence-corrected chi connectivity index (χ2v) is 11.5. The average molecular weight is 643 g/mol. The first kappa shape index (κ1) is 32.9.